The fraction of sp³-hybridized carbons (Fsp3) is 0.242. The van der Waals surface area contributed by atoms with Crippen LogP contribution in [0.2, 0.25) is 0 Å². The number of alkyl halides is 1. The Balaban J connectivity index is 1.30. The number of nitrogens with zero attached hydrogens (tertiary/aromatic N) is 4. The molecule has 9 nitrogen and oxygen atoms in total. The number of hydrogen-bond donors (Lipinski definition) is 2. The van der Waals surface area contributed by atoms with Crippen molar-refractivity contribution in [3.8, 4) is 11.1 Å². The van der Waals surface area contributed by atoms with Crippen molar-refractivity contribution in [3.05, 3.63) is 90.4 Å². The second-order valence-corrected chi connectivity index (χ2v) is 10.9. The third-order valence-electron chi connectivity index (χ3n) is 7.97. The van der Waals surface area contributed by atoms with Crippen LogP contribution in [0.1, 0.15) is 35.3 Å². The molecule has 4 heterocycles. The predicted octanol–water partition coefficient (Wildman–Crippen LogP) is 5.02. The minimum absolute atomic E-state index is 0.0986. The van der Waals surface area contributed by atoms with E-state index in [0.717, 1.165) is 27.7 Å². The molecule has 0 saturated carbocycles. The van der Waals surface area contributed by atoms with E-state index in [1.54, 1.807) is 29.1 Å². The number of halogens is 1. The Morgan fingerprint density at radius 3 is 2.63 bits per heavy atom. The van der Waals surface area contributed by atoms with Gasteiger partial charge in [-0.05, 0) is 73.7 Å². The van der Waals surface area contributed by atoms with E-state index in [-0.39, 0.29) is 43.8 Å². The largest absolute Gasteiger partial charge is 0.366 e. The zero-order valence-corrected chi connectivity index (χ0v) is 23.7. The number of anilines is 1. The highest BCUT2D eigenvalue weighted by molar-refractivity contribution is 6.07. The predicted molar refractivity (Wildman–Crippen MR) is 163 cm³/mol. The Morgan fingerprint density at radius 2 is 1.81 bits per heavy atom. The lowest BCUT2D eigenvalue weighted by atomic mass is 10.0. The highest BCUT2D eigenvalue weighted by Crippen LogP contribution is 2.30. The number of rotatable bonds is 6. The number of nitrogens with two attached hydrogens (primary N) is 1. The number of primary amides is 1. The minimum atomic E-state index is -1.11. The molecule has 1 aliphatic rings. The van der Waals surface area contributed by atoms with Gasteiger partial charge in [0.15, 0.2) is 0 Å². The van der Waals surface area contributed by atoms with Gasteiger partial charge in [-0.2, -0.15) is 0 Å². The van der Waals surface area contributed by atoms with Gasteiger partial charge in [-0.25, -0.2) is 9.37 Å². The molecule has 0 spiro atoms. The van der Waals surface area contributed by atoms with Crippen molar-refractivity contribution in [3.63, 3.8) is 0 Å². The number of fused-ring (bicyclic) bond motifs is 2. The maximum absolute atomic E-state index is 14.4. The van der Waals surface area contributed by atoms with E-state index < -0.39 is 24.0 Å². The number of likely N-dealkylation sites (tertiary alicyclic amines) is 1. The average Bonchev–Trinajstić information content (AvgIpc) is 3.23. The number of pyridine rings is 2. The molecule has 10 heteroatoms. The molecule has 1 unspecified atom stereocenters. The first-order valence-electron chi connectivity index (χ1n) is 14.2. The van der Waals surface area contributed by atoms with Crippen molar-refractivity contribution >= 4 is 45.3 Å². The zero-order chi connectivity index (χ0) is 30.1. The molecular weight excluding hydrogens is 547 g/mol. The summed E-state index contributed by atoms with van der Waals surface area (Å²) in [6.45, 7) is 1.77. The standard InChI is InChI=1S/C33H31FN6O3/c1-20-4-2-6-30(37-20)38-33(43)29-12-10-24(34)13-15-40(29)31(41)19-39-18-26(32(35)42)25-16-22(9-11-28(25)39)23-8-7-21-5-3-14-36-27(21)17-23/h2-9,11,14,16-18,24,29H,10,12-13,15,19H2,1H3,(H2,35,42)(H,37,38,43)/t24?,29-/m0/s1. The van der Waals surface area contributed by atoms with E-state index in [1.165, 1.54) is 4.90 Å². The molecule has 5 aromatic rings. The number of aromatic nitrogens is 3. The summed E-state index contributed by atoms with van der Waals surface area (Å²) in [5.74, 6) is -1.01. The van der Waals surface area contributed by atoms with Crippen LogP contribution in [0, 0.1) is 6.92 Å². The summed E-state index contributed by atoms with van der Waals surface area (Å²) in [5.41, 5.74) is 10.1. The Morgan fingerprint density at radius 1 is 1.00 bits per heavy atom. The van der Waals surface area contributed by atoms with Gasteiger partial charge in [-0.1, -0.05) is 30.3 Å². The second-order valence-electron chi connectivity index (χ2n) is 10.9. The number of amides is 3. The first-order chi connectivity index (χ1) is 20.8. The number of hydrogen-bond acceptors (Lipinski definition) is 5. The number of benzene rings is 2. The van der Waals surface area contributed by atoms with Crippen LogP contribution in [0.5, 0.6) is 0 Å². The lowest BCUT2D eigenvalue weighted by Crippen LogP contribution is -2.48. The number of aryl methyl sites for hydroxylation is 1. The number of carbonyl (C=O) groups is 3. The summed E-state index contributed by atoms with van der Waals surface area (Å²) in [7, 11) is 0. The van der Waals surface area contributed by atoms with Crippen LogP contribution < -0.4 is 11.1 Å². The third-order valence-corrected chi connectivity index (χ3v) is 7.97. The molecule has 3 amide bonds. The highest BCUT2D eigenvalue weighted by Gasteiger charge is 2.34. The lowest BCUT2D eigenvalue weighted by molar-refractivity contribution is -0.139. The highest BCUT2D eigenvalue weighted by atomic mass is 19.1. The Labute approximate surface area is 247 Å². The third kappa shape index (κ3) is 5.81. The maximum Gasteiger partial charge on any atom is 0.250 e. The van der Waals surface area contributed by atoms with Gasteiger partial charge in [0.05, 0.1) is 11.1 Å². The van der Waals surface area contributed by atoms with Gasteiger partial charge in [0.1, 0.15) is 24.6 Å². The van der Waals surface area contributed by atoms with Gasteiger partial charge in [-0.15, -0.1) is 0 Å². The lowest BCUT2D eigenvalue weighted by Gasteiger charge is -2.29. The molecule has 6 rings (SSSR count). The Bertz CT molecular complexity index is 1870. The monoisotopic (exact) mass is 578 g/mol. The van der Waals surface area contributed by atoms with Crippen molar-refractivity contribution in [2.24, 2.45) is 5.73 Å². The zero-order valence-electron chi connectivity index (χ0n) is 23.7. The summed E-state index contributed by atoms with van der Waals surface area (Å²) in [6, 6.07) is 19.9. The van der Waals surface area contributed by atoms with E-state index in [0.29, 0.717) is 16.7 Å². The smallest absolute Gasteiger partial charge is 0.250 e. The first kappa shape index (κ1) is 28.0. The quantitative estimate of drug-likeness (QED) is 0.293. The molecule has 0 bridgehead atoms. The van der Waals surface area contributed by atoms with Gasteiger partial charge < -0.3 is 20.5 Å². The van der Waals surface area contributed by atoms with Crippen LogP contribution in [-0.4, -0.2) is 55.9 Å². The van der Waals surface area contributed by atoms with Crippen molar-refractivity contribution in [2.75, 3.05) is 11.9 Å². The molecular formula is C33H31FN6O3. The van der Waals surface area contributed by atoms with Crippen LogP contribution in [-0.2, 0) is 16.1 Å². The van der Waals surface area contributed by atoms with Gasteiger partial charge in [0.25, 0.3) is 5.91 Å². The van der Waals surface area contributed by atoms with E-state index in [9.17, 15) is 18.8 Å². The second kappa shape index (κ2) is 11.6. The van der Waals surface area contributed by atoms with Crippen LogP contribution >= 0.6 is 0 Å². The summed E-state index contributed by atoms with van der Waals surface area (Å²) < 4.78 is 16.1. The fourth-order valence-electron chi connectivity index (χ4n) is 5.75. The fourth-order valence-corrected chi connectivity index (χ4v) is 5.75. The van der Waals surface area contributed by atoms with Gasteiger partial charge in [-0.3, -0.25) is 19.4 Å². The molecule has 43 heavy (non-hydrogen) atoms. The van der Waals surface area contributed by atoms with Crippen LogP contribution in [0.4, 0.5) is 10.2 Å². The summed E-state index contributed by atoms with van der Waals surface area (Å²) in [6.07, 6.45) is 2.70. The Kier molecular flexibility index (Phi) is 7.58. The molecule has 1 saturated heterocycles. The Hall–Kier alpha value is -5.12. The molecule has 3 N–H and O–H groups in total. The molecule has 0 radical (unpaired) electrons. The first-order valence-corrected chi connectivity index (χ1v) is 14.2. The normalized spacial score (nSPS) is 17.1. The molecule has 1 aliphatic heterocycles. The van der Waals surface area contributed by atoms with Gasteiger partial charge >= 0.3 is 0 Å². The van der Waals surface area contributed by atoms with E-state index in [1.807, 2.05) is 61.5 Å². The van der Waals surface area contributed by atoms with Gasteiger partial charge in [0.2, 0.25) is 11.8 Å². The molecule has 3 aromatic heterocycles. The molecule has 2 aromatic carbocycles. The van der Waals surface area contributed by atoms with E-state index in [4.69, 9.17) is 5.73 Å². The molecule has 0 aliphatic carbocycles. The summed E-state index contributed by atoms with van der Waals surface area (Å²) >= 11 is 0. The molecule has 2 atom stereocenters. The maximum atomic E-state index is 14.4. The van der Waals surface area contributed by atoms with Crippen molar-refractivity contribution in [2.45, 2.75) is 44.9 Å². The van der Waals surface area contributed by atoms with Crippen LogP contribution in [0.3, 0.4) is 0 Å². The SMILES string of the molecule is Cc1cccc(NC(=O)[C@@H]2CCC(F)CCN2C(=O)Cn2cc(C(N)=O)c3cc(-c4ccc5cccnc5c4)ccc32)n1. The number of carbonyl (C=O) groups excluding carboxylic acids is 3. The van der Waals surface area contributed by atoms with Crippen molar-refractivity contribution in [1.82, 2.24) is 19.4 Å². The average molecular weight is 579 g/mol. The van der Waals surface area contributed by atoms with Crippen molar-refractivity contribution < 1.29 is 18.8 Å². The van der Waals surface area contributed by atoms with E-state index in [2.05, 4.69) is 15.3 Å². The topological polar surface area (TPSA) is 123 Å². The summed E-state index contributed by atoms with van der Waals surface area (Å²) in [5, 5.41) is 4.41. The summed E-state index contributed by atoms with van der Waals surface area (Å²) in [4.78, 5) is 49.7. The van der Waals surface area contributed by atoms with Crippen LogP contribution in [0.25, 0.3) is 32.9 Å². The minimum Gasteiger partial charge on any atom is -0.366 e. The van der Waals surface area contributed by atoms with E-state index >= 15 is 0 Å². The number of nitrogens with one attached hydrogen (secondary N) is 1. The molecule has 218 valence electrons. The van der Waals surface area contributed by atoms with Crippen molar-refractivity contribution in [1.29, 1.82) is 0 Å². The van der Waals surface area contributed by atoms with Gasteiger partial charge in [0, 0.05) is 40.9 Å². The van der Waals surface area contributed by atoms with Crippen LogP contribution in [0.15, 0.2) is 79.1 Å². The molecule has 1 fully saturated rings.